The summed E-state index contributed by atoms with van der Waals surface area (Å²) < 4.78 is 0. The van der Waals surface area contributed by atoms with Crippen LogP contribution in [0.25, 0.3) is 0 Å². The van der Waals surface area contributed by atoms with Crippen LogP contribution in [-0.2, 0) is 4.79 Å². The highest BCUT2D eigenvalue weighted by Gasteiger charge is 2.18. The van der Waals surface area contributed by atoms with Crippen LogP contribution in [0.2, 0.25) is 0 Å². The van der Waals surface area contributed by atoms with E-state index in [1.54, 1.807) is 6.08 Å². The zero-order chi connectivity index (χ0) is 11.4. The Morgan fingerprint density at radius 1 is 1.38 bits per heavy atom. The Morgan fingerprint density at radius 2 is 2.25 bits per heavy atom. The lowest BCUT2D eigenvalue weighted by atomic mass is 9.87. The summed E-state index contributed by atoms with van der Waals surface area (Å²) in [6, 6.07) is 0. The van der Waals surface area contributed by atoms with Gasteiger partial charge < -0.3 is 0 Å². The summed E-state index contributed by atoms with van der Waals surface area (Å²) in [5.41, 5.74) is 3.40. The molecule has 2 aliphatic rings. The summed E-state index contributed by atoms with van der Waals surface area (Å²) >= 11 is 0. The minimum atomic E-state index is 0.167. The second-order valence-corrected chi connectivity index (χ2v) is 4.18. The number of hydrogen-bond donors (Lipinski definition) is 0. The SMILES string of the molecule is C=CCCC1=CC(=O)C2=C(CC=CC=C2)C1. The molecule has 0 bridgehead atoms. The standard InChI is InChI=1S/C15H16O/c1-2-3-7-12-10-13-8-5-4-6-9-14(13)15(16)11-12/h2,4-6,9,11H,1,3,7-8,10H2. The molecule has 0 saturated carbocycles. The van der Waals surface area contributed by atoms with Gasteiger partial charge in [-0.15, -0.1) is 6.58 Å². The molecule has 0 aliphatic heterocycles. The van der Waals surface area contributed by atoms with E-state index in [9.17, 15) is 4.79 Å². The Hall–Kier alpha value is -1.63. The minimum absolute atomic E-state index is 0.167. The van der Waals surface area contributed by atoms with Gasteiger partial charge in [0.05, 0.1) is 0 Å². The highest BCUT2D eigenvalue weighted by Crippen LogP contribution is 2.29. The molecule has 2 aliphatic carbocycles. The fraction of sp³-hybridized carbons (Fsp3) is 0.267. The number of rotatable bonds is 3. The summed E-state index contributed by atoms with van der Waals surface area (Å²) in [4.78, 5) is 11.9. The van der Waals surface area contributed by atoms with Crippen LogP contribution in [0.3, 0.4) is 0 Å². The van der Waals surface area contributed by atoms with Gasteiger partial charge in [-0.1, -0.05) is 41.5 Å². The van der Waals surface area contributed by atoms with Gasteiger partial charge in [-0.2, -0.15) is 0 Å². The second-order valence-electron chi connectivity index (χ2n) is 4.18. The zero-order valence-corrected chi connectivity index (χ0v) is 9.41. The van der Waals surface area contributed by atoms with E-state index in [1.807, 2.05) is 24.3 Å². The molecule has 0 aromatic heterocycles. The molecule has 1 heteroatoms. The molecule has 0 radical (unpaired) electrons. The summed E-state index contributed by atoms with van der Waals surface area (Å²) in [5, 5.41) is 0. The van der Waals surface area contributed by atoms with Crippen LogP contribution in [0.1, 0.15) is 25.7 Å². The predicted octanol–water partition coefficient (Wildman–Crippen LogP) is 3.66. The minimum Gasteiger partial charge on any atom is -0.289 e. The largest absolute Gasteiger partial charge is 0.289 e. The Bertz CT molecular complexity index is 430. The second kappa shape index (κ2) is 4.93. The van der Waals surface area contributed by atoms with Crippen molar-refractivity contribution in [3.8, 4) is 0 Å². The van der Waals surface area contributed by atoms with E-state index in [2.05, 4.69) is 12.7 Å². The molecule has 0 N–H and O–H groups in total. The Balaban J connectivity index is 2.17. The Kier molecular flexibility index (Phi) is 3.35. The van der Waals surface area contributed by atoms with Crippen molar-refractivity contribution in [2.45, 2.75) is 25.7 Å². The smallest absolute Gasteiger partial charge is 0.185 e. The van der Waals surface area contributed by atoms with Crippen molar-refractivity contribution in [2.24, 2.45) is 0 Å². The number of carbonyl (C=O) groups is 1. The molecule has 0 heterocycles. The van der Waals surface area contributed by atoms with Crippen LogP contribution < -0.4 is 0 Å². The quantitative estimate of drug-likeness (QED) is 0.652. The van der Waals surface area contributed by atoms with Crippen molar-refractivity contribution in [3.63, 3.8) is 0 Å². The van der Waals surface area contributed by atoms with Crippen molar-refractivity contribution in [1.29, 1.82) is 0 Å². The average Bonchev–Trinajstić information content (AvgIpc) is 2.51. The first-order valence-corrected chi connectivity index (χ1v) is 5.71. The molecule has 0 saturated heterocycles. The molecule has 16 heavy (non-hydrogen) atoms. The molecule has 0 aromatic carbocycles. The van der Waals surface area contributed by atoms with E-state index in [1.165, 1.54) is 11.1 Å². The van der Waals surface area contributed by atoms with Crippen LogP contribution >= 0.6 is 0 Å². The maximum absolute atomic E-state index is 11.9. The average molecular weight is 212 g/mol. The first kappa shape index (κ1) is 10.9. The molecular formula is C15H16O. The third kappa shape index (κ3) is 2.30. The lowest BCUT2D eigenvalue weighted by molar-refractivity contribution is -0.111. The maximum Gasteiger partial charge on any atom is 0.185 e. The molecule has 0 fully saturated rings. The van der Waals surface area contributed by atoms with Gasteiger partial charge >= 0.3 is 0 Å². The molecule has 0 unspecified atom stereocenters. The molecule has 82 valence electrons. The Morgan fingerprint density at radius 3 is 3.06 bits per heavy atom. The van der Waals surface area contributed by atoms with Crippen LogP contribution in [-0.4, -0.2) is 5.78 Å². The maximum atomic E-state index is 11.9. The van der Waals surface area contributed by atoms with Crippen molar-refractivity contribution in [3.05, 3.63) is 59.8 Å². The van der Waals surface area contributed by atoms with Crippen molar-refractivity contribution >= 4 is 5.78 Å². The van der Waals surface area contributed by atoms with E-state index in [0.717, 1.165) is 31.3 Å². The third-order valence-corrected chi connectivity index (χ3v) is 2.97. The number of carbonyl (C=O) groups excluding carboxylic acids is 1. The molecule has 0 spiro atoms. The topological polar surface area (TPSA) is 17.1 Å². The van der Waals surface area contributed by atoms with Gasteiger partial charge in [0.15, 0.2) is 5.78 Å². The normalized spacial score (nSPS) is 19.2. The molecule has 0 amide bonds. The van der Waals surface area contributed by atoms with Gasteiger partial charge in [0, 0.05) is 5.57 Å². The van der Waals surface area contributed by atoms with Gasteiger partial charge in [-0.25, -0.2) is 0 Å². The molecule has 1 nitrogen and oxygen atoms in total. The summed E-state index contributed by atoms with van der Waals surface area (Å²) in [6.07, 6.45) is 15.5. The first-order chi connectivity index (χ1) is 7.81. The zero-order valence-electron chi connectivity index (χ0n) is 9.41. The lowest BCUT2D eigenvalue weighted by Gasteiger charge is -2.16. The van der Waals surface area contributed by atoms with E-state index in [0.29, 0.717) is 0 Å². The van der Waals surface area contributed by atoms with Crippen LogP contribution in [0, 0.1) is 0 Å². The van der Waals surface area contributed by atoms with Crippen LogP contribution in [0.5, 0.6) is 0 Å². The molecule has 2 rings (SSSR count). The van der Waals surface area contributed by atoms with E-state index >= 15 is 0 Å². The van der Waals surface area contributed by atoms with Gasteiger partial charge in [0.1, 0.15) is 0 Å². The van der Waals surface area contributed by atoms with Crippen LogP contribution in [0.15, 0.2) is 59.8 Å². The highest BCUT2D eigenvalue weighted by atomic mass is 16.1. The number of hydrogen-bond acceptors (Lipinski definition) is 1. The van der Waals surface area contributed by atoms with Gasteiger partial charge in [-0.3, -0.25) is 4.79 Å². The number of allylic oxidation sites excluding steroid dienone is 9. The lowest BCUT2D eigenvalue weighted by Crippen LogP contribution is -2.08. The van der Waals surface area contributed by atoms with Crippen molar-refractivity contribution < 1.29 is 4.79 Å². The summed E-state index contributed by atoms with van der Waals surface area (Å²) in [5.74, 6) is 0.167. The summed E-state index contributed by atoms with van der Waals surface area (Å²) in [7, 11) is 0. The first-order valence-electron chi connectivity index (χ1n) is 5.71. The summed E-state index contributed by atoms with van der Waals surface area (Å²) in [6.45, 7) is 3.71. The fourth-order valence-corrected chi connectivity index (χ4v) is 2.13. The molecule has 0 aromatic rings. The predicted molar refractivity (Wildman–Crippen MR) is 67.1 cm³/mol. The van der Waals surface area contributed by atoms with Crippen molar-refractivity contribution in [2.75, 3.05) is 0 Å². The van der Waals surface area contributed by atoms with E-state index in [4.69, 9.17) is 0 Å². The van der Waals surface area contributed by atoms with Gasteiger partial charge in [0.2, 0.25) is 0 Å². The molecular weight excluding hydrogens is 196 g/mol. The van der Waals surface area contributed by atoms with E-state index < -0.39 is 0 Å². The Labute approximate surface area is 96.6 Å². The van der Waals surface area contributed by atoms with Crippen molar-refractivity contribution in [1.82, 2.24) is 0 Å². The third-order valence-electron chi connectivity index (χ3n) is 2.97. The van der Waals surface area contributed by atoms with Gasteiger partial charge in [-0.05, 0) is 31.8 Å². The number of ketones is 1. The van der Waals surface area contributed by atoms with E-state index in [-0.39, 0.29) is 5.78 Å². The van der Waals surface area contributed by atoms with Crippen LogP contribution in [0.4, 0.5) is 0 Å². The van der Waals surface area contributed by atoms with Gasteiger partial charge in [0.25, 0.3) is 0 Å². The highest BCUT2D eigenvalue weighted by molar-refractivity contribution is 6.08. The monoisotopic (exact) mass is 212 g/mol. The fourth-order valence-electron chi connectivity index (χ4n) is 2.13. The molecule has 0 atom stereocenters.